The van der Waals surface area contributed by atoms with E-state index in [1.54, 1.807) is 0 Å². The Morgan fingerprint density at radius 1 is 1.04 bits per heavy atom. The van der Waals surface area contributed by atoms with Gasteiger partial charge in [-0.2, -0.15) is 0 Å². The van der Waals surface area contributed by atoms with Gasteiger partial charge in [0.2, 0.25) is 5.91 Å². The first-order chi connectivity index (χ1) is 13.6. The normalized spacial score (nSPS) is 47.1. The molecule has 2 heterocycles. The summed E-state index contributed by atoms with van der Waals surface area (Å²) in [5, 5.41) is 10.8. The van der Waals surface area contributed by atoms with Crippen molar-refractivity contribution < 1.29 is 9.18 Å². The van der Waals surface area contributed by atoms with Crippen LogP contribution in [0.4, 0.5) is 4.39 Å². The molecule has 5 fully saturated rings. The highest BCUT2D eigenvalue weighted by atomic mass is 19.1. The topological polar surface area (TPSA) is 53.2 Å². The third kappa shape index (κ3) is 3.62. The highest BCUT2D eigenvalue weighted by molar-refractivity contribution is 5.82. The van der Waals surface area contributed by atoms with Gasteiger partial charge >= 0.3 is 0 Å². The Kier molecular flexibility index (Phi) is 5.42. The number of nitrogens with one attached hydrogen (secondary N) is 3. The molecular weight excluding hydrogens is 353 g/mol. The minimum Gasteiger partial charge on any atom is -0.350 e. The first-order valence-corrected chi connectivity index (χ1v) is 12.1. The molecule has 3 N–H and O–H groups in total. The maximum Gasteiger partial charge on any atom is 0.237 e. The average Bonchev–Trinajstić information content (AvgIpc) is 3.45. The van der Waals surface area contributed by atoms with E-state index in [0.29, 0.717) is 30.7 Å². The Morgan fingerprint density at radius 2 is 1.86 bits per heavy atom. The van der Waals surface area contributed by atoms with Crippen molar-refractivity contribution in [3.63, 3.8) is 0 Å². The lowest BCUT2D eigenvalue weighted by Gasteiger charge is -2.45. The number of hydrogen-bond donors (Lipinski definition) is 3. The molecule has 4 nitrogen and oxygen atoms in total. The lowest BCUT2D eigenvalue weighted by molar-refractivity contribution is -0.124. The van der Waals surface area contributed by atoms with Gasteiger partial charge < -0.3 is 16.0 Å². The summed E-state index contributed by atoms with van der Waals surface area (Å²) in [5.74, 6) is 2.83. The van der Waals surface area contributed by atoms with E-state index in [4.69, 9.17) is 0 Å². The molecule has 9 unspecified atom stereocenters. The van der Waals surface area contributed by atoms with Crippen molar-refractivity contribution in [1.29, 1.82) is 0 Å². The van der Waals surface area contributed by atoms with Crippen LogP contribution in [0.1, 0.15) is 71.1 Å². The summed E-state index contributed by atoms with van der Waals surface area (Å²) in [6, 6.07) is 0.670. The average molecular weight is 392 g/mol. The molecule has 5 aliphatic rings. The molecule has 3 aliphatic carbocycles. The van der Waals surface area contributed by atoms with Crippen LogP contribution in [0.15, 0.2) is 0 Å². The molecule has 5 rings (SSSR count). The lowest BCUT2D eigenvalue weighted by Crippen LogP contribution is -2.61. The molecule has 5 heteroatoms. The van der Waals surface area contributed by atoms with E-state index in [1.165, 1.54) is 44.9 Å². The van der Waals surface area contributed by atoms with Crippen LogP contribution in [-0.4, -0.2) is 42.8 Å². The van der Waals surface area contributed by atoms with E-state index in [2.05, 4.69) is 22.9 Å². The zero-order valence-corrected chi connectivity index (χ0v) is 17.3. The molecule has 2 aliphatic heterocycles. The molecule has 2 saturated heterocycles. The largest absolute Gasteiger partial charge is 0.350 e. The fraction of sp³-hybridized carbons (Fsp3) is 0.957. The Balaban J connectivity index is 1.26. The van der Waals surface area contributed by atoms with Crippen LogP contribution in [-0.2, 0) is 4.79 Å². The third-order valence-corrected chi connectivity index (χ3v) is 8.80. The summed E-state index contributed by atoms with van der Waals surface area (Å²) >= 11 is 0. The van der Waals surface area contributed by atoms with E-state index in [0.717, 1.165) is 24.8 Å². The number of rotatable bonds is 4. The maximum absolute atomic E-state index is 14.4. The quantitative estimate of drug-likeness (QED) is 0.690. The molecule has 0 bridgehead atoms. The highest BCUT2D eigenvalue weighted by Gasteiger charge is 2.49. The molecule has 0 aromatic carbocycles. The van der Waals surface area contributed by atoms with Crippen LogP contribution >= 0.6 is 0 Å². The van der Waals surface area contributed by atoms with Crippen LogP contribution < -0.4 is 16.0 Å². The van der Waals surface area contributed by atoms with Crippen LogP contribution in [0.5, 0.6) is 0 Å². The zero-order chi connectivity index (χ0) is 19.3. The number of carbonyl (C=O) groups excluding carboxylic acids is 1. The van der Waals surface area contributed by atoms with E-state index < -0.39 is 6.17 Å². The second-order valence-electron chi connectivity index (χ2n) is 10.6. The fourth-order valence-electron chi connectivity index (χ4n) is 7.07. The van der Waals surface area contributed by atoms with E-state index >= 15 is 0 Å². The molecule has 158 valence electrons. The van der Waals surface area contributed by atoms with Crippen molar-refractivity contribution >= 4 is 5.91 Å². The summed E-state index contributed by atoms with van der Waals surface area (Å²) in [4.78, 5) is 13.2. The molecule has 0 radical (unpaired) electrons. The van der Waals surface area contributed by atoms with E-state index in [1.807, 2.05) is 0 Å². The zero-order valence-electron chi connectivity index (χ0n) is 17.3. The van der Waals surface area contributed by atoms with Crippen LogP contribution in [0.3, 0.4) is 0 Å². The summed E-state index contributed by atoms with van der Waals surface area (Å²) in [5.41, 5.74) is 0. The van der Waals surface area contributed by atoms with Crippen molar-refractivity contribution in [2.75, 3.05) is 6.54 Å². The van der Waals surface area contributed by atoms with Crippen molar-refractivity contribution in [1.82, 2.24) is 16.0 Å². The Morgan fingerprint density at radius 3 is 2.64 bits per heavy atom. The number of piperidine rings is 1. The maximum atomic E-state index is 14.4. The van der Waals surface area contributed by atoms with Crippen LogP contribution in [0, 0.1) is 29.6 Å². The van der Waals surface area contributed by atoms with E-state index in [9.17, 15) is 9.18 Å². The van der Waals surface area contributed by atoms with Crippen LogP contribution in [0.2, 0.25) is 0 Å². The predicted molar refractivity (Wildman–Crippen MR) is 109 cm³/mol. The van der Waals surface area contributed by atoms with Gasteiger partial charge in [0.1, 0.15) is 6.17 Å². The predicted octanol–water partition coefficient (Wildman–Crippen LogP) is 3.16. The van der Waals surface area contributed by atoms with Crippen molar-refractivity contribution in [2.24, 2.45) is 29.6 Å². The summed E-state index contributed by atoms with van der Waals surface area (Å²) in [6.07, 6.45) is 10.7. The Hall–Kier alpha value is -0.680. The smallest absolute Gasteiger partial charge is 0.237 e. The number of carbonyl (C=O) groups is 1. The fourth-order valence-corrected chi connectivity index (χ4v) is 7.07. The number of halogens is 1. The molecule has 0 aromatic rings. The summed E-state index contributed by atoms with van der Waals surface area (Å²) in [6.45, 7) is 3.30. The van der Waals surface area contributed by atoms with Gasteiger partial charge in [0.25, 0.3) is 0 Å². The molecule has 9 atom stereocenters. The SMILES string of the molecule is CC1CCC(F)C2CC(C(=O)NC(C3CC3)C3NCCC4CCCCC43)NC12. The standard InChI is InChI=1S/C23H38FN3O/c1-13-6-9-18(24)17-12-19(26-20(13)17)23(28)27-21(15-7-8-15)22-16-5-3-2-4-14(16)10-11-25-22/h13-22,25-26H,2-12H2,1H3,(H,27,28). The van der Waals surface area contributed by atoms with Gasteiger partial charge in [-0.25, -0.2) is 4.39 Å². The number of fused-ring (bicyclic) bond motifs is 2. The van der Waals surface area contributed by atoms with Crippen molar-refractivity contribution in [2.45, 2.75) is 101 Å². The molecule has 3 saturated carbocycles. The molecule has 1 amide bonds. The summed E-state index contributed by atoms with van der Waals surface area (Å²) < 4.78 is 14.4. The first kappa shape index (κ1) is 19.3. The van der Waals surface area contributed by atoms with Gasteiger partial charge in [-0.05, 0) is 75.2 Å². The van der Waals surface area contributed by atoms with Gasteiger partial charge in [0, 0.05) is 24.0 Å². The van der Waals surface area contributed by atoms with Gasteiger partial charge in [-0.15, -0.1) is 0 Å². The van der Waals surface area contributed by atoms with Crippen molar-refractivity contribution in [3.8, 4) is 0 Å². The highest BCUT2D eigenvalue weighted by Crippen LogP contribution is 2.43. The van der Waals surface area contributed by atoms with Gasteiger partial charge in [-0.1, -0.05) is 26.2 Å². The van der Waals surface area contributed by atoms with E-state index in [-0.39, 0.29) is 30.0 Å². The van der Waals surface area contributed by atoms with Gasteiger partial charge in [-0.3, -0.25) is 4.79 Å². The molecular formula is C23H38FN3O. The van der Waals surface area contributed by atoms with Crippen molar-refractivity contribution in [3.05, 3.63) is 0 Å². The molecule has 0 spiro atoms. The van der Waals surface area contributed by atoms with Crippen LogP contribution in [0.25, 0.3) is 0 Å². The number of alkyl halides is 1. The second kappa shape index (κ2) is 7.86. The van der Waals surface area contributed by atoms with Gasteiger partial charge in [0.05, 0.1) is 6.04 Å². The monoisotopic (exact) mass is 391 g/mol. The molecule has 0 aromatic heterocycles. The number of hydrogen-bond acceptors (Lipinski definition) is 3. The third-order valence-electron chi connectivity index (χ3n) is 8.80. The second-order valence-corrected chi connectivity index (χ2v) is 10.6. The number of amides is 1. The minimum atomic E-state index is -0.742. The molecule has 28 heavy (non-hydrogen) atoms. The first-order valence-electron chi connectivity index (χ1n) is 12.1. The Labute approximate surface area is 169 Å². The lowest BCUT2D eigenvalue weighted by atomic mass is 9.69. The Bertz CT molecular complexity index is 562. The van der Waals surface area contributed by atoms with Gasteiger partial charge in [0.15, 0.2) is 0 Å². The minimum absolute atomic E-state index is 0.0226. The summed E-state index contributed by atoms with van der Waals surface area (Å²) in [7, 11) is 0.